The topological polar surface area (TPSA) is 41.6 Å². The van der Waals surface area contributed by atoms with Crippen molar-refractivity contribution < 1.29 is 9.53 Å². The number of nitrogens with one attached hydrogen (secondary N) is 1. The van der Waals surface area contributed by atoms with E-state index in [1.807, 2.05) is 21.0 Å². The average molecular weight is 216 g/mol. The largest absolute Gasteiger partial charge is 0.465 e. The van der Waals surface area contributed by atoms with Gasteiger partial charge in [0.05, 0.1) is 6.61 Å². The highest BCUT2D eigenvalue weighted by molar-refractivity contribution is 5.75. The molecule has 90 valence electrons. The van der Waals surface area contributed by atoms with Crippen LogP contribution in [0.4, 0.5) is 0 Å². The number of hydrogen-bond acceptors (Lipinski definition) is 4. The van der Waals surface area contributed by atoms with Crippen molar-refractivity contribution in [2.24, 2.45) is 0 Å². The van der Waals surface area contributed by atoms with Crippen LogP contribution in [0, 0.1) is 0 Å². The Kier molecular flexibility index (Phi) is 8.33. The molecular formula is C11H24N2O2. The summed E-state index contributed by atoms with van der Waals surface area (Å²) < 4.78 is 5.06. The van der Waals surface area contributed by atoms with Gasteiger partial charge in [-0.05, 0) is 27.4 Å². The molecule has 0 aromatic carbocycles. The molecule has 0 radical (unpaired) electrons. The van der Waals surface area contributed by atoms with Gasteiger partial charge in [-0.1, -0.05) is 13.3 Å². The molecule has 0 aliphatic heterocycles. The van der Waals surface area contributed by atoms with Crippen molar-refractivity contribution >= 4 is 5.97 Å². The average Bonchev–Trinajstić information content (AvgIpc) is 2.22. The summed E-state index contributed by atoms with van der Waals surface area (Å²) in [7, 11) is 3.88. The number of carbonyl (C=O) groups is 1. The Hall–Kier alpha value is -0.610. The molecule has 0 bridgehead atoms. The minimum absolute atomic E-state index is 0.0942. The molecule has 0 spiro atoms. The number of esters is 1. The molecule has 4 heteroatoms. The number of ether oxygens (including phenoxy) is 1. The Morgan fingerprint density at radius 3 is 2.60 bits per heavy atom. The Morgan fingerprint density at radius 1 is 1.47 bits per heavy atom. The zero-order valence-corrected chi connectivity index (χ0v) is 10.4. The molecule has 4 nitrogen and oxygen atoms in total. The molecule has 1 atom stereocenters. The minimum atomic E-state index is -0.0991. The van der Waals surface area contributed by atoms with Gasteiger partial charge in [0.1, 0.15) is 6.04 Å². The number of carbonyl (C=O) groups excluding carboxylic acids is 1. The van der Waals surface area contributed by atoms with E-state index in [-0.39, 0.29) is 12.0 Å². The first kappa shape index (κ1) is 14.4. The number of nitrogens with zero attached hydrogens (tertiary/aromatic N) is 1. The summed E-state index contributed by atoms with van der Waals surface area (Å²) in [5, 5.41) is 3.07. The van der Waals surface area contributed by atoms with Gasteiger partial charge in [-0.3, -0.25) is 9.69 Å². The lowest BCUT2D eigenvalue weighted by Crippen LogP contribution is -2.42. The summed E-state index contributed by atoms with van der Waals surface area (Å²) in [6, 6.07) is -0.0942. The quantitative estimate of drug-likeness (QED) is 0.611. The van der Waals surface area contributed by atoms with Crippen LogP contribution in [0.2, 0.25) is 0 Å². The van der Waals surface area contributed by atoms with Crippen molar-refractivity contribution in [1.29, 1.82) is 0 Å². The van der Waals surface area contributed by atoms with Gasteiger partial charge in [0, 0.05) is 13.1 Å². The van der Waals surface area contributed by atoms with E-state index >= 15 is 0 Å². The van der Waals surface area contributed by atoms with E-state index in [0.29, 0.717) is 6.61 Å². The highest BCUT2D eigenvalue weighted by atomic mass is 16.5. The summed E-state index contributed by atoms with van der Waals surface area (Å²) in [6.07, 6.45) is 1.85. The van der Waals surface area contributed by atoms with Gasteiger partial charge in [-0.2, -0.15) is 0 Å². The predicted octanol–water partition coefficient (Wildman–Crippen LogP) is 0.869. The molecule has 1 unspecified atom stereocenters. The van der Waals surface area contributed by atoms with Crippen LogP contribution in [0.25, 0.3) is 0 Å². The first-order chi connectivity index (χ1) is 7.17. The van der Waals surface area contributed by atoms with E-state index in [2.05, 4.69) is 17.1 Å². The second-order valence-electron chi connectivity index (χ2n) is 3.64. The molecule has 0 rings (SSSR count). The third-order valence-corrected chi connectivity index (χ3v) is 2.37. The van der Waals surface area contributed by atoms with Gasteiger partial charge in [0.2, 0.25) is 0 Å². The molecule has 15 heavy (non-hydrogen) atoms. The highest BCUT2D eigenvalue weighted by Crippen LogP contribution is 2.06. The summed E-state index contributed by atoms with van der Waals surface area (Å²) in [4.78, 5) is 13.7. The Labute approximate surface area is 93.0 Å². The third kappa shape index (κ3) is 5.74. The van der Waals surface area contributed by atoms with Crippen molar-refractivity contribution in [2.75, 3.05) is 33.8 Å². The third-order valence-electron chi connectivity index (χ3n) is 2.37. The molecule has 0 saturated heterocycles. The number of hydrogen-bond donors (Lipinski definition) is 1. The van der Waals surface area contributed by atoms with E-state index in [4.69, 9.17) is 4.74 Å². The number of likely N-dealkylation sites (N-methyl/N-ethyl adjacent to an activating group) is 2. The molecule has 0 aromatic rings. The Bertz CT molecular complexity index is 174. The standard InChI is InChI=1S/C11H24N2O2/c1-5-7-10(11(14)15-6-2)13(4)9-8-12-3/h10,12H,5-9H2,1-4H3. The lowest BCUT2D eigenvalue weighted by atomic mass is 10.1. The fourth-order valence-corrected chi connectivity index (χ4v) is 1.47. The monoisotopic (exact) mass is 216 g/mol. The fourth-order valence-electron chi connectivity index (χ4n) is 1.47. The fraction of sp³-hybridized carbons (Fsp3) is 0.909. The summed E-state index contributed by atoms with van der Waals surface area (Å²) >= 11 is 0. The zero-order chi connectivity index (χ0) is 11.7. The molecule has 0 saturated carbocycles. The van der Waals surface area contributed by atoms with Crippen LogP contribution in [-0.4, -0.2) is 50.7 Å². The van der Waals surface area contributed by atoms with Gasteiger partial charge in [0.15, 0.2) is 0 Å². The zero-order valence-electron chi connectivity index (χ0n) is 10.4. The first-order valence-electron chi connectivity index (χ1n) is 5.68. The van der Waals surface area contributed by atoms with E-state index in [9.17, 15) is 4.79 Å². The molecule has 1 N–H and O–H groups in total. The normalized spacial score (nSPS) is 12.9. The van der Waals surface area contributed by atoms with Crippen molar-refractivity contribution in [3.63, 3.8) is 0 Å². The molecule has 0 fully saturated rings. The van der Waals surface area contributed by atoms with Gasteiger partial charge in [-0.15, -0.1) is 0 Å². The van der Waals surface area contributed by atoms with Crippen LogP contribution in [0.5, 0.6) is 0 Å². The van der Waals surface area contributed by atoms with Crippen molar-refractivity contribution in [2.45, 2.75) is 32.7 Å². The van der Waals surface area contributed by atoms with Gasteiger partial charge < -0.3 is 10.1 Å². The molecule has 0 aliphatic carbocycles. The lowest BCUT2D eigenvalue weighted by molar-refractivity contribution is -0.149. The summed E-state index contributed by atoms with van der Waals surface area (Å²) in [5.41, 5.74) is 0. The van der Waals surface area contributed by atoms with Crippen molar-refractivity contribution in [3.05, 3.63) is 0 Å². The van der Waals surface area contributed by atoms with Crippen molar-refractivity contribution in [3.8, 4) is 0 Å². The van der Waals surface area contributed by atoms with Crippen LogP contribution in [-0.2, 0) is 9.53 Å². The molecular weight excluding hydrogens is 192 g/mol. The van der Waals surface area contributed by atoms with Gasteiger partial charge in [0.25, 0.3) is 0 Å². The summed E-state index contributed by atoms with van der Waals surface area (Å²) in [6.45, 7) is 6.13. The van der Waals surface area contributed by atoms with Crippen LogP contribution in [0.3, 0.4) is 0 Å². The SMILES string of the molecule is CCCC(C(=O)OCC)N(C)CCNC. The summed E-state index contributed by atoms with van der Waals surface area (Å²) in [5.74, 6) is -0.0991. The van der Waals surface area contributed by atoms with Crippen LogP contribution < -0.4 is 5.32 Å². The lowest BCUT2D eigenvalue weighted by Gasteiger charge is -2.25. The van der Waals surface area contributed by atoms with Crippen molar-refractivity contribution in [1.82, 2.24) is 10.2 Å². The van der Waals surface area contributed by atoms with E-state index in [0.717, 1.165) is 25.9 Å². The Balaban J connectivity index is 4.16. The van der Waals surface area contributed by atoms with Crippen LogP contribution in [0.15, 0.2) is 0 Å². The number of rotatable bonds is 8. The highest BCUT2D eigenvalue weighted by Gasteiger charge is 2.22. The molecule has 0 amide bonds. The predicted molar refractivity (Wildman–Crippen MR) is 61.9 cm³/mol. The van der Waals surface area contributed by atoms with E-state index in [1.54, 1.807) is 0 Å². The maximum absolute atomic E-state index is 11.7. The van der Waals surface area contributed by atoms with Gasteiger partial charge >= 0.3 is 5.97 Å². The van der Waals surface area contributed by atoms with E-state index in [1.165, 1.54) is 0 Å². The van der Waals surface area contributed by atoms with Crippen LogP contribution in [0.1, 0.15) is 26.7 Å². The van der Waals surface area contributed by atoms with Crippen LogP contribution >= 0.6 is 0 Å². The first-order valence-corrected chi connectivity index (χ1v) is 5.68. The molecule has 0 aliphatic rings. The minimum Gasteiger partial charge on any atom is -0.465 e. The van der Waals surface area contributed by atoms with Gasteiger partial charge in [-0.25, -0.2) is 0 Å². The Morgan fingerprint density at radius 2 is 2.13 bits per heavy atom. The maximum Gasteiger partial charge on any atom is 0.323 e. The maximum atomic E-state index is 11.7. The smallest absolute Gasteiger partial charge is 0.323 e. The molecule has 0 aromatic heterocycles. The second-order valence-corrected chi connectivity index (χ2v) is 3.64. The van der Waals surface area contributed by atoms with E-state index < -0.39 is 0 Å². The second kappa shape index (κ2) is 8.68. The molecule has 0 heterocycles.